The molecule has 2 heteroatoms. The minimum absolute atomic E-state index is 0.355. The first-order valence-corrected chi connectivity index (χ1v) is 11.3. The number of amides is 1. The highest BCUT2D eigenvalue weighted by molar-refractivity contribution is 5.77. The van der Waals surface area contributed by atoms with E-state index in [2.05, 4.69) is 32.7 Å². The van der Waals surface area contributed by atoms with Crippen LogP contribution >= 0.6 is 0 Å². The minimum atomic E-state index is 0.355. The number of fused-ring (bicyclic) bond motifs is 5. The lowest BCUT2D eigenvalue weighted by molar-refractivity contribution is -0.163. The van der Waals surface area contributed by atoms with Crippen molar-refractivity contribution in [2.24, 2.45) is 34.5 Å². The van der Waals surface area contributed by atoms with Gasteiger partial charge in [-0.15, -0.1) is 0 Å². The smallest absolute Gasteiger partial charge is 0.222 e. The molecule has 2 nitrogen and oxygen atoms in total. The number of rotatable bonds is 0. The fourth-order valence-electron chi connectivity index (χ4n) is 8.51. The second kappa shape index (κ2) is 5.61. The topological polar surface area (TPSA) is 20.3 Å². The molecule has 5 unspecified atom stereocenters. The summed E-state index contributed by atoms with van der Waals surface area (Å²) in [6.45, 7) is 7.71. The highest BCUT2D eigenvalue weighted by atomic mass is 16.2. The Bertz CT molecular complexity index is 659. The third-order valence-corrected chi connectivity index (χ3v) is 10.1. The fraction of sp³-hybridized carbons (Fsp3) is 0.875. The van der Waals surface area contributed by atoms with Crippen molar-refractivity contribution in [3.63, 3.8) is 0 Å². The average molecular weight is 356 g/mol. The Balaban J connectivity index is 1.51. The van der Waals surface area contributed by atoms with Gasteiger partial charge in [0.1, 0.15) is 0 Å². The average Bonchev–Trinajstić information content (AvgIpc) is 2.89. The molecule has 4 aliphatic carbocycles. The van der Waals surface area contributed by atoms with Crippen LogP contribution in [-0.2, 0) is 4.79 Å². The van der Waals surface area contributed by atoms with Crippen LogP contribution in [0.25, 0.3) is 0 Å². The zero-order valence-electron chi connectivity index (χ0n) is 17.3. The highest BCUT2D eigenvalue weighted by Crippen LogP contribution is 2.68. The van der Waals surface area contributed by atoms with Gasteiger partial charge >= 0.3 is 0 Å². The van der Waals surface area contributed by atoms with Crippen molar-refractivity contribution in [2.75, 3.05) is 7.05 Å². The van der Waals surface area contributed by atoms with Crippen molar-refractivity contribution >= 4 is 5.91 Å². The quantitative estimate of drug-likeness (QED) is 0.520. The summed E-state index contributed by atoms with van der Waals surface area (Å²) in [5.41, 5.74) is 4.62. The van der Waals surface area contributed by atoms with Gasteiger partial charge in [-0.25, -0.2) is 0 Å². The van der Waals surface area contributed by atoms with Crippen LogP contribution in [0.3, 0.4) is 0 Å². The van der Waals surface area contributed by atoms with E-state index in [0.717, 1.165) is 36.5 Å². The Morgan fingerprint density at radius 1 is 1.00 bits per heavy atom. The summed E-state index contributed by atoms with van der Waals surface area (Å²) in [5.74, 6) is 3.77. The van der Waals surface area contributed by atoms with Crippen LogP contribution in [0.2, 0.25) is 0 Å². The molecule has 1 aliphatic heterocycles. The van der Waals surface area contributed by atoms with Crippen molar-refractivity contribution in [3.05, 3.63) is 11.1 Å². The molecule has 0 aromatic heterocycles. The molecule has 5 aliphatic rings. The van der Waals surface area contributed by atoms with Crippen LogP contribution in [0.5, 0.6) is 0 Å². The van der Waals surface area contributed by atoms with Crippen molar-refractivity contribution in [1.29, 1.82) is 0 Å². The Hall–Kier alpha value is -0.790. The van der Waals surface area contributed by atoms with Gasteiger partial charge in [-0.2, -0.15) is 0 Å². The van der Waals surface area contributed by atoms with Gasteiger partial charge in [-0.05, 0) is 92.3 Å². The van der Waals surface area contributed by atoms with Crippen molar-refractivity contribution in [1.82, 2.24) is 4.90 Å². The monoisotopic (exact) mass is 355 g/mol. The maximum atomic E-state index is 12.4. The zero-order valence-corrected chi connectivity index (χ0v) is 17.3. The molecular weight excluding hydrogens is 318 g/mol. The van der Waals surface area contributed by atoms with E-state index < -0.39 is 0 Å². The molecule has 0 N–H and O–H groups in total. The van der Waals surface area contributed by atoms with Gasteiger partial charge in [0, 0.05) is 19.5 Å². The molecule has 0 aromatic rings. The fourth-order valence-corrected chi connectivity index (χ4v) is 8.51. The normalized spacial score (nSPS) is 50.8. The van der Waals surface area contributed by atoms with E-state index in [-0.39, 0.29) is 0 Å². The lowest BCUT2D eigenvalue weighted by Gasteiger charge is -2.63. The number of hydrogen-bond donors (Lipinski definition) is 0. The minimum Gasteiger partial charge on any atom is -0.342 e. The number of nitrogens with zero attached hydrogens (tertiary/aromatic N) is 1. The van der Waals surface area contributed by atoms with E-state index in [1.807, 2.05) is 11.1 Å². The number of allylic oxidation sites excluding steroid dienone is 2. The Kier molecular flexibility index (Phi) is 3.74. The first-order chi connectivity index (χ1) is 12.4. The van der Waals surface area contributed by atoms with Crippen molar-refractivity contribution in [3.8, 4) is 0 Å². The largest absolute Gasteiger partial charge is 0.342 e. The first kappa shape index (κ1) is 17.3. The Morgan fingerprint density at radius 3 is 2.46 bits per heavy atom. The number of hydrogen-bond acceptors (Lipinski definition) is 1. The van der Waals surface area contributed by atoms with Gasteiger partial charge < -0.3 is 4.90 Å². The molecule has 5 fully saturated rings. The molecule has 0 spiro atoms. The summed E-state index contributed by atoms with van der Waals surface area (Å²) in [6, 6.07) is 0.482. The second-order valence-corrected chi connectivity index (χ2v) is 11.0. The summed E-state index contributed by atoms with van der Waals surface area (Å²) in [6.07, 6.45) is 13.0. The number of carbonyl (C=O) groups is 1. The number of carbonyl (C=O) groups excluding carboxylic acids is 1. The molecule has 1 heterocycles. The predicted molar refractivity (Wildman–Crippen MR) is 106 cm³/mol. The Labute approximate surface area is 159 Å². The Morgan fingerprint density at radius 2 is 1.77 bits per heavy atom. The molecule has 144 valence electrons. The van der Waals surface area contributed by atoms with Crippen LogP contribution in [0.4, 0.5) is 0 Å². The van der Waals surface area contributed by atoms with Gasteiger partial charge in [0.15, 0.2) is 0 Å². The molecule has 7 atom stereocenters. The van der Waals surface area contributed by atoms with E-state index in [9.17, 15) is 4.79 Å². The summed E-state index contributed by atoms with van der Waals surface area (Å²) >= 11 is 0. The van der Waals surface area contributed by atoms with Crippen LogP contribution in [0, 0.1) is 34.5 Å². The third-order valence-electron chi connectivity index (χ3n) is 10.1. The molecule has 0 aromatic carbocycles. The highest BCUT2D eigenvalue weighted by Gasteiger charge is 2.62. The van der Waals surface area contributed by atoms with Gasteiger partial charge in [0.25, 0.3) is 0 Å². The van der Waals surface area contributed by atoms with Crippen molar-refractivity contribution in [2.45, 2.75) is 91.0 Å². The summed E-state index contributed by atoms with van der Waals surface area (Å²) < 4.78 is 0. The maximum absolute atomic E-state index is 12.4. The summed E-state index contributed by atoms with van der Waals surface area (Å²) in [4.78, 5) is 14.5. The van der Waals surface area contributed by atoms with E-state index in [4.69, 9.17) is 0 Å². The SMILES string of the molecule is CC1CC2N(C)C(=O)CC[C@]2(C)C2CC[C@]3(C)C(=C4CCC4)CCC3C12. The third kappa shape index (κ3) is 2.08. The number of likely N-dealkylation sites (tertiary alicyclic amines) is 1. The zero-order chi connectivity index (χ0) is 18.3. The van der Waals surface area contributed by atoms with Gasteiger partial charge in [-0.1, -0.05) is 31.9 Å². The lowest BCUT2D eigenvalue weighted by Crippen LogP contribution is -2.63. The van der Waals surface area contributed by atoms with Crippen molar-refractivity contribution < 1.29 is 4.79 Å². The second-order valence-electron chi connectivity index (χ2n) is 11.0. The molecule has 4 saturated carbocycles. The molecular formula is C24H37NO. The van der Waals surface area contributed by atoms with E-state index in [1.165, 1.54) is 51.4 Å². The van der Waals surface area contributed by atoms with Crippen LogP contribution in [0.1, 0.15) is 85.0 Å². The van der Waals surface area contributed by atoms with Gasteiger partial charge in [0.05, 0.1) is 0 Å². The lowest BCUT2D eigenvalue weighted by atomic mass is 9.45. The van der Waals surface area contributed by atoms with Crippen LogP contribution in [-0.4, -0.2) is 23.9 Å². The molecule has 1 saturated heterocycles. The molecule has 0 bridgehead atoms. The molecule has 1 amide bonds. The van der Waals surface area contributed by atoms with E-state index in [1.54, 1.807) is 0 Å². The van der Waals surface area contributed by atoms with Gasteiger partial charge in [0.2, 0.25) is 5.91 Å². The van der Waals surface area contributed by atoms with E-state index >= 15 is 0 Å². The van der Waals surface area contributed by atoms with E-state index in [0.29, 0.717) is 22.8 Å². The van der Waals surface area contributed by atoms with Crippen LogP contribution < -0.4 is 0 Å². The standard InChI is InChI=1S/C24H37NO/c1-15-14-20-24(3,13-11-21(26)25(20)4)19-10-12-23(2)17(16-6-5-7-16)8-9-18(23)22(15)19/h15,18-20,22H,5-14H2,1-4H3/t15?,18?,19?,20?,22?,23-,24-/m1/s1. The molecule has 5 rings (SSSR count). The summed E-state index contributed by atoms with van der Waals surface area (Å²) in [5, 5.41) is 0. The molecule has 0 radical (unpaired) electrons. The predicted octanol–water partition coefficient (Wildman–Crippen LogP) is 5.58. The summed E-state index contributed by atoms with van der Waals surface area (Å²) in [7, 11) is 2.08. The molecule has 26 heavy (non-hydrogen) atoms. The first-order valence-electron chi connectivity index (χ1n) is 11.3. The van der Waals surface area contributed by atoms with Crippen LogP contribution in [0.15, 0.2) is 11.1 Å². The number of piperidine rings is 1. The maximum Gasteiger partial charge on any atom is 0.222 e. The van der Waals surface area contributed by atoms with Gasteiger partial charge in [-0.3, -0.25) is 4.79 Å².